The van der Waals surface area contributed by atoms with E-state index in [4.69, 9.17) is 17.3 Å². The van der Waals surface area contributed by atoms with Crippen molar-refractivity contribution in [2.45, 2.75) is 32.6 Å². The molecular formula is C15H18ClN. The average molecular weight is 248 g/mol. The largest absolute Gasteiger partial charge is 0.389 e. The van der Waals surface area contributed by atoms with E-state index in [1.54, 1.807) is 0 Å². The predicted molar refractivity (Wildman–Crippen MR) is 76.0 cm³/mol. The van der Waals surface area contributed by atoms with Gasteiger partial charge in [-0.2, -0.15) is 0 Å². The van der Waals surface area contributed by atoms with E-state index < -0.39 is 0 Å². The number of nitrogens with two attached hydrogens (primary N) is 1. The molecule has 0 saturated carbocycles. The minimum absolute atomic E-state index is 0.321. The lowest BCUT2D eigenvalue weighted by Crippen LogP contribution is -1.98. The number of aryl methyl sites for hydroxylation is 1. The third kappa shape index (κ3) is 2.12. The summed E-state index contributed by atoms with van der Waals surface area (Å²) in [6.45, 7) is 8.31. The van der Waals surface area contributed by atoms with Gasteiger partial charge in [-0.1, -0.05) is 37.2 Å². The van der Waals surface area contributed by atoms with E-state index in [9.17, 15) is 0 Å². The van der Waals surface area contributed by atoms with Gasteiger partial charge in [0.1, 0.15) is 0 Å². The van der Waals surface area contributed by atoms with Gasteiger partial charge < -0.3 is 5.73 Å². The molecule has 0 aliphatic heterocycles. The third-order valence-electron chi connectivity index (χ3n) is 3.61. The highest BCUT2D eigenvalue weighted by Crippen LogP contribution is 2.38. The number of hydrogen-bond acceptors (Lipinski definition) is 1. The first kappa shape index (κ1) is 12.3. The van der Waals surface area contributed by atoms with Crippen LogP contribution in [0.5, 0.6) is 0 Å². The van der Waals surface area contributed by atoms with E-state index >= 15 is 0 Å². The highest BCUT2D eigenvalue weighted by molar-refractivity contribution is 6.31. The van der Waals surface area contributed by atoms with Crippen molar-refractivity contribution in [2.24, 2.45) is 5.73 Å². The lowest BCUT2D eigenvalue weighted by Gasteiger charge is -2.14. The topological polar surface area (TPSA) is 26.0 Å². The Bertz CT molecular complexity index is 496. The summed E-state index contributed by atoms with van der Waals surface area (Å²) >= 11 is 5.80. The molecule has 1 aromatic rings. The molecule has 17 heavy (non-hydrogen) atoms. The molecule has 0 fully saturated rings. The van der Waals surface area contributed by atoms with Gasteiger partial charge in [-0.25, -0.2) is 0 Å². The zero-order chi connectivity index (χ0) is 12.6. The maximum Gasteiger partial charge on any atom is 0.0998 e. The van der Waals surface area contributed by atoms with Crippen LogP contribution in [0.1, 0.15) is 47.1 Å². The van der Waals surface area contributed by atoms with Gasteiger partial charge in [-0.15, -0.1) is 0 Å². The Morgan fingerprint density at radius 2 is 2.24 bits per heavy atom. The van der Waals surface area contributed by atoms with Gasteiger partial charge in [0.15, 0.2) is 0 Å². The number of fused-ring (bicyclic) bond motifs is 1. The molecule has 0 saturated heterocycles. The Kier molecular flexibility index (Phi) is 3.30. The van der Waals surface area contributed by atoms with Crippen LogP contribution in [0.2, 0.25) is 0 Å². The van der Waals surface area contributed by atoms with Gasteiger partial charge >= 0.3 is 0 Å². The molecule has 0 bridgehead atoms. The van der Waals surface area contributed by atoms with Gasteiger partial charge in [0.2, 0.25) is 0 Å². The quantitative estimate of drug-likeness (QED) is 0.780. The van der Waals surface area contributed by atoms with Gasteiger partial charge in [0, 0.05) is 0 Å². The van der Waals surface area contributed by atoms with Crippen molar-refractivity contribution in [1.82, 2.24) is 0 Å². The predicted octanol–water partition coefficient (Wildman–Crippen LogP) is 4.18. The van der Waals surface area contributed by atoms with Crippen LogP contribution in [-0.4, -0.2) is 0 Å². The van der Waals surface area contributed by atoms with E-state index in [1.165, 1.54) is 28.7 Å². The lowest BCUT2D eigenvalue weighted by molar-refractivity contribution is 0.747. The van der Waals surface area contributed by atoms with Crippen LogP contribution in [-0.2, 0) is 6.42 Å². The number of benzene rings is 1. The molecule has 0 spiro atoms. The fourth-order valence-corrected chi connectivity index (χ4v) is 2.84. The van der Waals surface area contributed by atoms with Gasteiger partial charge in [0.05, 0.1) is 5.16 Å². The molecule has 0 radical (unpaired) electrons. The number of halogens is 1. The summed E-state index contributed by atoms with van der Waals surface area (Å²) in [5.74, 6) is 0.647. The Labute approximate surface area is 108 Å². The third-order valence-corrected chi connectivity index (χ3v) is 3.71. The molecule has 1 nitrogen and oxygen atoms in total. The van der Waals surface area contributed by atoms with Crippen LogP contribution < -0.4 is 5.73 Å². The SMILES string of the molecule is C=Cc1c(/C=C(\N)Cl)c(C)cc2c1CCC2C. The monoisotopic (exact) mass is 247 g/mol. The van der Waals surface area contributed by atoms with Crippen LogP contribution in [0, 0.1) is 6.92 Å². The zero-order valence-electron chi connectivity index (χ0n) is 10.4. The summed E-state index contributed by atoms with van der Waals surface area (Å²) in [5.41, 5.74) is 12.0. The number of hydrogen-bond donors (Lipinski definition) is 1. The fraction of sp³-hybridized carbons (Fsp3) is 0.333. The highest BCUT2D eigenvalue weighted by Gasteiger charge is 2.22. The Morgan fingerprint density at radius 3 is 2.82 bits per heavy atom. The summed E-state index contributed by atoms with van der Waals surface area (Å²) in [4.78, 5) is 0. The molecule has 1 aliphatic rings. The second-order valence-electron chi connectivity index (χ2n) is 4.76. The summed E-state index contributed by atoms with van der Waals surface area (Å²) in [6.07, 6.45) is 6.10. The van der Waals surface area contributed by atoms with Crippen molar-refractivity contribution in [3.05, 3.63) is 45.6 Å². The zero-order valence-corrected chi connectivity index (χ0v) is 11.1. The molecule has 0 aromatic heterocycles. The van der Waals surface area contributed by atoms with Crippen molar-refractivity contribution in [1.29, 1.82) is 0 Å². The van der Waals surface area contributed by atoms with Gasteiger partial charge in [-0.3, -0.25) is 0 Å². The molecule has 0 amide bonds. The summed E-state index contributed by atoms with van der Waals surface area (Å²) < 4.78 is 0. The van der Waals surface area contributed by atoms with E-state index in [0.717, 1.165) is 12.0 Å². The minimum atomic E-state index is 0.321. The Balaban J connectivity index is 2.70. The normalized spacial score (nSPS) is 19.2. The molecule has 1 unspecified atom stereocenters. The lowest BCUT2D eigenvalue weighted by atomic mass is 9.91. The fourth-order valence-electron chi connectivity index (χ4n) is 2.73. The highest BCUT2D eigenvalue weighted by atomic mass is 35.5. The second-order valence-corrected chi connectivity index (χ2v) is 5.20. The van der Waals surface area contributed by atoms with Crippen LogP contribution >= 0.6 is 11.6 Å². The second kappa shape index (κ2) is 4.58. The molecule has 1 aromatic carbocycles. The molecular weight excluding hydrogens is 230 g/mol. The summed E-state index contributed by atoms with van der Waals surface area (Å²) in [7, 11) is 0. The van der Waals surface area contributed by atoms with E-state index in [0.29, 0.717) is 11.1 Å². The molecule has 0 heterocycles. The maximum absolute atomic E-state index is 5.80. The van der Waals surface area contributed by atoms with Crippen molar-refractivity contribution < 1.29 is 0 Å². The van der Waals surface area contributed by atoms with Crippen molar-refractivity contribution in [3.8, 4) is 0 Å². The molecule has 2 rings (SSSR count). The molecule has 2 heteroatoms. The first-order valence-electron chi connectivity index (χ1n) is 5.96. The molecule has 1 atom stereocenters. The smallest absolute Gasteiger partial charge is 0.0998 e. The van der Waals surface area contributed by atoms with Crippen LogP contribution in [0.15, 0.2) is 17.8 Å². The molecule has 90 valence electrons. The number of rotatable bonds is 2. The molecule has 2 N–H and O–H groups in total. The maximum atomic E-state index is 5.80. The first-order chi connectivity index (χ1) is 8.04. The Hall–Kier alpha value is -1.21. The van der Waals surface area contributed by atoms with E-state index in [1.807, 2.05) is 12.2 Å². The summed E-state index contributed by atoms with van der Waals surface area (Å²) in [6, 6.07) is 2.27. The van der Waals surface area contributed by atoms with Gasteiger partial charge in [-0.05, 0) is 59.6 Å². The average Bonchev–Trinajstić information content (AvgIpc) is 2.61. The Morgan fingerprint density at radius 1 is 1.53 bits per heavy atom. The van der Waals surface area contributed by atoms with Gasteiger partial charge in [0.25, 0.3) is 0 Å². The minimum Gasteiger partial charge on any atom is -0.389 e. The van der Waals surface area contributed by atoms with Crippen LogP contribution in [0.4, 0.5) is 0 Å². The molecule has 1 aliphatic carbocycles. The van der Waals surface area contributed by atoms with Crippen molar-refractivity contribution in [3.63, 3.8) is 0 Å². The first-order valence-corrected chi connectivity index (χ1v) is 6.34. The van der Waals surface area contributed by atoms with E-state index in [2.05, 4.69) is 26.5 Å². The van der Waals surface area contributed by atoms with Crippen LogP contribution in [0.3, 0.4) is 0 Å². The van der Waals surface area contributed by atoms with Crippen molar-refractivity contribution >= 4 is 23.8 Å². The standard InChI is InChI=1S/C15H18ClN/c1-4-11-12-6-5-9(2)13(12)7-10(3)14(11)8-15(16)17/h4,7-9H,1,5-6,17H2,2-3H3/b15-8-. The van der Waals surface area contributed by atoms with Crippen LogP contribution in [0.25, 0.3) is 12.2 Å². The summed E-state index contributed by atoms with van der Waals surface area (Å²) in [5, 5.41) is 0.321. The van der Waals surface area contributed by atoms with E-state index in [-0.39, 0.29) is 0 Å². The van der Waals surface area contributed by atoms with Crippen molar-refractivity contribution in [2.75, 3.05) is 0 Å².